The Morgan fingerprint density at radius 2 is 1.61 bits per heavy atom. The van der Waals surface area contributed by atoms with E-state index in [1.54, 1.807) is 32.5 Å². The monoisotopic (exact) mass is 450 g/mol. The number of ether oxygens (including phenoxy) is 2. The van der Waals surface area contributed by atoms with Gasteiger partial charge in [0.2, 0.25) is 0 Å². The number of nitrogens with one attached hydrogen (secondary N) is 1. The van der Waals surface area contributed by atoms with Gasteiger partial charge in [0.1, 0.15) is 17.3 Å². The van der Waals surface area contributed by atoms with Crippen LogP contribution in [0.2, 0.25) is 10.0 Å². The molecule has 0 fully saturated rings. The van der Waals surface area contributed by atoms with Crippen LogP contribution in [0, 0.1) is 0 Å². The molecule has 0 unspecified atom stereocenters. The van der Waals surface area contributed by atoms with E-state index in [4.69, 9.17) is 32.7 Å². The zero-order valence-corrected chi connectivity index (χ0v) is 18.5. The summed E-state index contributed by atoms with van der Waals surface area (Å²) in [5, 5.41) is 1.18. The van der Waals surface area contributed by atoms with Crippen molar-refractivity contribution >= 4 is 35.4 Å². The van der Waals surface area contributed by atoms with E-state index in [9.17, 15) is 0 Å². The predicted molar refractivity (Wildman–Crippen MR) is 128 cm³/mol. The summed E-state index contributed by atoms with van der Waals surface area (Å²) in [7, 11) is 3.30. The van der Waals surface area contributed by atoms with Crippen molar-refractivity contribution in [3.8, 4) is 33.9 Å². The lowest BCUT2D eigenvalue weighted by Gasteiger charge is -2.10. The number of aromatic nitrogens is 2. The van der Waals surface area contributed by atoms with Gasteiger partial charge in [0.05, 0.1) is 31.1 Å². The fourth-order valence-electron chi connectivity index (χ4n) is 3.25. The third-order valence-corrected chi connectivity index (χ3v) is 5.43. The highest BCUT2D eigenvalue weighted by molar-refractivity contribution is 6.36. The molecule has 1 heterocycles. The molecule has 0 spiro atoms. The molecule has 156 valence electrons. The van der Waals surface area contributed by atoms with E-state index in [1.807, 2.05) is 36.4 Å². The van der Waals surface area contributed by atoms with Crippen molar-refractivity contribution in [1.82, 2.24) is 9.97 Å². The summed E-state index contributed by atoms with van der Waals surface area (Å²) in [4.78, 5) is 7.68. The zero-order valence-electron chi connectivity index (χ0n) is 17.0. The molecule has 0 radical (unpaired) electrons. The molecule has 3 aromatic carbocycles. The molecule has 0 aliphatic heterocycles. The van der Waals surface area contributed by atoms with Crippen LogP contribution in [0.4, 0.5) is 0 Å². The Morgan fingerprint density at radius 3 is 2.32 bits per heavy atom. The minimum atomic E-state index is 0.580. The van der Waals surface area contributed by atoms with Gasteiger partial charge in [-0.25, -0.2) is 4.98 Å². The van der Waals surface area contributed by atoms with Crippen LogP contribution in [-0.2, 0) is 0 Å². The quantitative estimate of drug-likeness (QED) is 0.336. The minimum Gasteiger partial charge on any atom is -0.497 e. The Labute approximate surface area is 191 Å². The van der Waals surface area contributed by atoms with Crippen molar-refractivity contribution < 1.29 is 9.47 Å². The number of hydrogen-bond donors (Lipinski definition) is 1. The number of nitrogens with zero attached hydrogens (tertiary/aromatic N) is 1. The van der Waals surface area contributed by atoms with E-state index in [-0.39, 0.29) is 0 Å². The average molecular weight is 451 g/mol. The lowest BCUT2D eigenvalue weighted by Crippen LogP contribution is -1.90. The second-order valence-corrected chi connectivity index (χ2v) is 7.67. The van der Waals surface area contributed by atoms with Crippen molar-refractivity contribution in [3.63, 3.8) is 0 Å². The minimum absolute atomic E-state index is 0.580. The van der Waals surface area contributed by atoms with Gasteiger partial charge in [-0.1, -0.05) is 53.5 Å². The van der Waals surface area contributed by atoms with Crippen LogP contribution in [0.15, 0.2) is 66.9 Å². The summed E-state index contributed by atoms with van der Waals surface area (Å²) in [5.41, 5.74) is 4.82. The van der Waals surface area contributed by atoms with E-state index in [0.29, 0.717) is 10.0 Å². The maximum atomic E-state index is 6.28. The van der Waals surface area contributed by atoms with E-state index >= 15 is 0 Å². The molecule has 4 aromatic rings. The molecule has 1 aromatic heterocycles. The molecule has 0 aliphatic carbocycles. The number of methoxy groups -OCH3 is 2. The molecule has 0 saturated carbocycles. The van der Waals surface area contributed by atoms with Crippen LogP contribution >= 0.6 is 23.2 Å². The fraction of sp³-hybridized carbons (Fsp3) is 0.0800. The Balaban J connectivity index is 1.52. The lowest BCUT2D eigenvalue weighted by molar-refractivity contribution is 0.395. The van der Waals surface area contributed by atoms with Crippen molar-refractivity contribution in [2.24, 2.45) is 0 Å². The summed E-state index contributed by atoms with van der Waals surface area (Å²) in [6.45, 7) is 0. The summed E-state index contributed by atoms with van der Waals surface area (Å²) in [6, 6.07) is 19.4. The molecular weight excluding hydrogens is 431 g/mol. The molecule has 4 rings (SSSR count). The number of halogens is 2. The van der Waals surface area contributed by atoms with Gasteiger partial charge in [-0.3, -0.25) is 0 Å². The molecule has 1 N–H and O–H groups in total. The van der Waals surface area contributed by atoms with Crippen molar-refractivity contribution in [2.75, 3.05) is 14.2 Å². The second-order valence-electron chi connectivity index (χ2n) is 6.83. The van der Waals surface area contributed by atoms with Gasteiger partial charge in [0.25, 0.3) is 0 Å². The first-order valence-corrected chi connectivity index (χ1v) is 10.3. The molecule has 0 bridgehead atoms. The maximum Gasteiger partial charge on any atom is 0.130 e. The standard InChI is InChI=1S/C25H20Cl2N2O2/c1-30-19-9-11-20(24(14-19)31-2)17-6-3-16(4-7-17)5-12-25-28-15-23(29-25)21-10-8-18(26)13-22(21)27/h3-15H,1-2H3,(H,28,29). The van der Waals surface area contributed by atoms with Crippen LogP contribution in [-0.4, -0.2) is 24.2 Å². The molecule has 0 saturated heterocycles. The molecule has 6 heteroatoms. The van der Waals surface area contributed by atoms with Crippen LogP contribution in [0.1, 0.15) is 11.4 Å². The highest BCUT2D eigenvalue weighted by Gasteiger charge is 2.08. The number of aromatic amines is 1. The van der Waals surface area contributed by atoms with Gasteiger partial charge in [-0.2, -0.15) is 0 Å². The SMILES string of the molecule is COc1ccc(-c2ccc(C=Cc3ncc(-c4ccc(Cl)cc4Cl)[nH]3)cc2)c(OC)c1. The first-order valence-electron chi connectivity index (χ1n) is 9.58. The Hall–Kier alpha value is -3.21. The van der Waals surface area contributed by atoms with Gasteiger partial charge in [0, 0.05) is 22.2 Å². The highest BCUT2D eigenvalue weighted by atomic mass is 35.5. The average Bonchev–Trinajstić information content (AvgIpc) is 3.26. The van der Waals surface area contributed by atoms with E-state index in [1.165, 1.54) is 0 Å². The maximum absolute atomic E-state index is 6.28. The Kier molecular flexibility index (Phi) is 6.31. The van der Waals surface area contributed by atoms with Crippen molar-refractivity contribution in [1.29, 1.82) is 0 Å². The largest absolute Gasteiger partial charge is 0.497 e. The molecule has 0 aliphatic rings. The van der Waals surface area contributed by atoms with Crippen LogP contribution in [0.5, 0.6) is 11.5 Å². The summed E-state index contributed by atoms with van der Waals surface area (Å²) < 4.78 is 10.8. The molecule has 0 amide bonds. The third-order valence-electron chi connectivity index (χ3n) is 4.88. The first kappa shape index (κ1) is 21.0. The Morgan fingerprint density at radius 1 is 0.839 bits per heavy atom. The van der Waals surface area contributed by atoms with Crippen molar-refractivity contribution in [2.45, 2.75) is 0 Å². The Bertz CT molecular complexity index is 1230. The highest BCUT2D eigenvalue weighted by Crippen LogP contribution is 2.33. The summed E-state index contributed by atoms with van der Waals surface area (Å²) in [6.07, 6.45) is 5.69. The van der Waals surface area contributed by atoms with E-state index < -0.39 is 0 Å². The number of rotatable bonds is 6. The summed E-state index contributed by atoms with van der Waals surface area (Å²) in [5.74, 6) is 2.27. The summed E-state index contributed by atoms with van der Waals surface area (Å²) >= 11 is 12.3. The number of imidazole rings is 1. The molecular formula is C25H20Cl2N2O2. The first-order chi connectivity index (χ1) is 15.1. The van der Waals surface area contributed by atoms with Crippen LogP contribution in [0.3, 0.4) is 0 Å². The number of hydrogen-bond acceptors (Lipinski definition) is 3. The normalized spacial score (nSPS) is 11.1. The van der Waals surface area contributed by atoms with Crippen molar-refractivity contribution in [3.05, 3.63) is 88.3 Å². The molecule has 4 nitrogen and oxygen atoms in total. The van der Waals surface area contributed by atoms with Gasteiger partial charge in [-0.05, 0) is 47.5 Å². The van der Waals surface area contributed by atoms with Gasteiger partial charge < -0.3 is 14.5 Å². The second kappa shape index (κ2) is 9.29. The van der Waals surface area contributed by atoms with Gasteiger partial charge >= 0.3 is 0 Å². The van der Waals surface area contributed by atoms with E-state index in [0.717, 1.165) is 45.3 Å². The smallest absolute Gasteiger partial charge is 0.130 e. The topological polar surface area (TPSA) is 47.1 Å². The zero-order chi connectivity index (χ0) is 21.8. The van der Waals surface area contributed by atoms with Gasteiger partial charge in [0.15, 0.2) is 0 Å². The van der Waals surface area contributed by atoms with E-state index in [2.05, 4.69) is 34.2 Å². The third kappa shape index (κ3) is 4.76. The number of H-pyrrole nitrogens is 1. The van der Waals surface area contributed by atoms with Crippen LogP contribution in [0.25, 0.3) is 34.5 Å². The van der Waals surface area contributed by atoms with Crippen LogP contribution < -0.4 is 9.47 Å². The van der Waals surface area contributed by atoms with Gasteiger partial charge in [-0.15, -0.1) is 0 Å². The number of benzene rings is 3. The lowest BCUT2D eigenvalue weighted by atomic mass is 10.0. The predicted octanol–water partition coefficient (Wildman–Crippen LogP) is 7.24. The molecule has 0 atom stereocenters. The fourth-order valence-corrected chi connectivity index (χ4v) is 3.76. The molecule has 31 heavy (non-hydrogen) atoms.